The molecule has 3 atom stereocenters. The molecule has 1 aromatic carbocycles. The van der Waals surface area contributed by atoms with Crippen LogP contribution in [0.3, 0.4) is 0 Å². The summed E-state index contributed by atoms with van der Waals surface area (Å²) >= 11 is 0. The van der Waals surface area contributed by atoms with Crippen LogP contribution in [0.15, 0.2) is 24.3 Å². The number of nitrogens with one attached hydrogen (secondary N) is 2. The van der Waals surface area contributed by atoms with Crippen molar-refractivity contribution in [3.63, 3.8) is 0 Å². The second-order valence-corrected chi connectivity index (χ2v) is 8.74. The summed E-state index contributed by atoms with van der Waals surface area (Å²) in [6, 6.07) is 8.38. The average Bonchev–Trinajstić information content (AvgIpc) is 3.35. The maximum absolute atomic E-state index is 12.8. The summed E-state index contributed by atoms with van der Waals surface area (Å²) in [4.78, 5) is 29.7. The molecule has 2 N–H and O–H groups in total. The van der Waals surface area contributed by atoms with E-state index in [9.17, 15) is 9.59 Å². The van der Waals surface area contributed by atoms with Gasteiger partial charge in [0, 0.05) is 30.9 Å². The molecule has 3 saturated heterocycles. The minimum absolute atomic E-state index is 0.00799. The fourth-order valence-electron chi connectivity index (χ4n) is 5.43. The molecule has 0 aliphatic carbocycles. The predicted molar refractivity (Wildman–Crippen MR) is 111 cm³/mol. The molecule has 7 nitrogen and oxygen atoms in total. The number of aromatic nitrogens is 2. The minimum Gasteiger partial charge on any atom is -0.355 e. The van der Waals surface area contributed by atoms with Crippen molar-refractivity contribution in [1.29, 1.82) is 0 Å². The smallest absolute Gasteiger partial charge is 0.229 e. The third-order valence-electron chi connectivity index (χ3n) is 6.97. The number of nitrogens with zero attached hydrogens (tertiary/aromatic N) is 3. The number of rotatable bonds is 4. The molecule has 4 heterocycles. The molecule has 3 aliphatic heterocycles. The van der Waals surface area contributed by atoms with Gasteiger partial charge in [-0.15, -0.1) is 0 Å². The summed E-state index contributed by atoms with van der Waals surface area (Å²) in [6.45, 7) is 3.55. The van der Waals surface area contributed by atoms with Gasteiger partial charge >= 0.3 is 0 Å². The van der Waals surface area contributed by atoms with Gasteiger partial charge in [0.1, 0.15) is 0 Å². The summed E-state index contributed by atoms with van der Waals surface area (Å²) in [5, 5.41) is 11.4. The van der Waals surface area contributed by atoms with Crippen molar-refractivity contribution in [2.75, 3.05) is 31.1 Å². The number of carbonyl (C=O) groups is 2. The van der Waals surface area contributed by atoms with Crippen molar-refractivity contribution in [2.45, 2.75) is 44.6 Å². The molecule has 5 rings (SSSR count). The SMILES string of the molecule is O=C(NC[C@H]1CCCN2CCCC[C@H]12)[C@H]1CC(=O)N(c2n[nH]c3ccccc23)C1. The van der Waals surface area contributed by atoms with Gasteiger partial charge in [0.15, 0.2) is 5.82 Å². The number of fused-ring (bicyclic) bond motifs is 2. The van der Waals surface area contributed by atoms with Gasteiger partial charge in [-0.1, -0.05) is 18.6 Å². The van der Waals surface area contributed by atoms with Crippen LogP contribution in [0.4, 0.5) is 5.82 Å². The van der Waals surface area contributed by atoms with Gasteiger partial charge in [-0.3, -0.25) is 19.6 Å². The van der Waals surface area contributed by atoms with E-state index in [-0.39, 0.29) is 24.2 Å². The van der Waals surface area contributed by atoms with E-state index in [1.54, 1.807) is 4.90 Å². The average molecular weight is 396 g/mol. The van der Waals surface area contributed by atoms with E-state index in [4.69, 9.17) is 0 Å². The second kappa shape index (κ2) is 7.78. The molecule has 29 heavy (non-hydrogen) atoms. The van der Waals surface area contributed by atoms with E-state index in [1.165, 1.54) is 45.2 Å². The Morgan fingerprint density at radius 3 is 2.97 bits per heavy atom. The summed E-state index contributed by atoms with van der Waals surface area (Å²) in [5.41, 5.74) is 0.900. The summed E-state index contributed by atoms with van der Waals surface area (Å²) in [6.07, 6.45) is 6.53. The van der Waals surface area contributed by atoms with Crippen LogP contribution in [0.1, 0.15) is 38.5 Å². The molecule has 2 aromatic rings. The highest BCUT2D eigenvalue weighted by Gasteiger charge is 2.38. The maximum Gasteiger partial charge on any atom is 0.229 e. The summed E-state index contributed by atoms with van der Waals surface area (Å²) in [5.74, 6) is 0.846. The predicted octanol–water partition coefficient (Wildman–Crippen LogP) is 2.30. The van der Waals surface area contributed by atoms with Crippen molar-refractivity contribution in [1.82, 2.24) is 20.4 Å². The topological polar surface area (TPSA) is 81.3 Å². The molecule has 1 aromatic heterocycles. The van der Waals surface area contributed by atoms with Crippen LogP contribution in [-0.4, -0.2) is 59.1 Å². The van der Waals surface area contributed by atoms with E-state index >= 15 is 0 Å². The highest BCUT2D eigenvalue weighted by atomic mass is 16.2. The second-order valence-electron chi connectivity index (χ2n) is 8.74. The van der Waals surface area contributed by atoms with E-state index in [2.05, 4.69) is 20.4 Å². The van der Waals surface area contributed by atoms with E-state index in [1.807, 2.05) is 24.3 Å². The monoisotopic (exact) mass is 395 g/mol. The molecule has 0 bridgehead atoms. The van der Waals surface area contributed by atoms with Gasteiger partial charge < -0.3 is 10.2 Å². The maximum atomic E-state index is 12.8. The van der Waals surface area contributed by atoms with Gasteiger partial charge in [0.2, 0.25) is 11.8 Å². The third kappa shape index (κ3) is 3.52. The Morgan fingerprint density at radius 1 is 1.17 bits per heavy atom. The van der Waals surface area contributed by atoms with Gasteiger partial charge in [-0.2, -0.15) is 5.10 Å². The lowest BCUT2D eigenvalue weighted by Crippen LogP contribution is -2.51. The minimum atomic E-state index is -0.302. The molecule has 154 valence electrons. The largest absolute Gasteiger partial charge is 0.355 e. The Bertz CT molecular complexity index is 907. The normalized spacial score (nSPS) is 27.9. The number of carbonyl (C=O) groups excluding carboxylic acids is 2. The van der Waals surface area contributed by atoms with Gasteiger partial charge in [-0.05, 0) is 56.8 Å². The van der Waals surface area contributed by atoms with Crippen LogP contribution >= 0.6 is 0 Å². The zero-order chi connectivity index (χ0) is 19.8. The molecule has 0 spiro atoms. The van der Waals surface area contributed by atoms with Gasteiger partial charge in [-0.25, -0.2) is 0 Å². The van der Waals surface area contributed by atoms with Crippen LogP contribution in [0, 0.1) is 11.8 Å². The number of para-hydroxylation sites is 1. The summed E-state index contributed by atoms with van der Waals surface area (Å²) in [7, 11) is 0. The van der Waals surface area contributed by atoms with Crippen molar-refractivity contribution < 1.29 is 9.59 Å². The molecule has 0 saturated carbocycles. The Balaban J connectivity index is 1.21. The Hall–Kier alpha value is -2.41. The molecule has 7 heteroatoms. The van der Waals surface area contributed by atoms with Crippen molar-refractivity contribution in [3.8, 4) is 0 Å². The standard InChI is InChI=1S/C22H29N5O2/c28-20-12-16(14-27(20)21-17-7-1-2-8-18(17)24-25-21)22(29)23-13-15-6-5-11-26-10-4-3-9-19(15)26/h1-2,7-8,15-16,19H,3-6,9-14H2,(H,23,29)(H,24,25)/t15-,16+,19-/m1/s1. The lowest BCUT2D eigenvalue weighted by atomic mass is 9.83. The Kier molecular flexibility index (Phi) is 4.99. The number of aromatic amines is 1. The van der Waals surface area contributed by atoms with Crippen LogP contribution in [-0.2, 0) is 9.59 Å². The molecule has 3 fully saturated rings. The fraction of sp³-hybridized carbons (Fsp3) is 0.591. The number of piperidine rings is 2. The number of benzene rings is 1. The van der Waals surface area contributed by atoms with E-state index in [0.717, 1.165) is 17.4 Å². The quantitative estimate of drug-likeness (QED) is 0.832. The first-order valence-electron chi connectivity index (χ1n) is 11.0. The van der Waals surface area contributed by atoms with Crippen LogP contribution in [0.25, 0.3) is 10.9 Å². The molecule has 2 amide bonds. The van der Waals surface area contributed by atoms with Gasteiger partial charge in [0.25, 0.3) is 0 Å². The lowest BCUT2D eigenvalue weighted by Gasteiger charge is -2.44. The molecule has 0 unspecified atom stereocenters. The number of H-pyrrole nitrogens is 1. The molecular formula is C22H29N5O2. The van der Waals surface area contributed by atoms with Gasteiger partial charge in [0.05, 0.1) is 11.4 Å². The molecular weight excluding hydrogens is 366 g/mol. The Labute approximate surface area is 170 Å². The highest BCUT2D eigenvalue weighted by Crippen LogP contribution is 2.32. The zero-order valence-corrected chi connectivity index (χ0v) is 16.8. The number of anilines is 1. The van der Waals surface area contributed by atoms with Crippen molar-refractivity contribution >= 4 is 28.5 Å². The first kappa shape index (κ1) is 18.6. The third-order valence-corrected chi connectivity index (χ3v) is 6.97. The highest BCUT2D eigenvalue weighted by molar-refractivity contribution is 6.05. The van der Waals surface area contributed by atoms with Crippen LogP contribution in [0.5, 0.6) is 0 Å². The molecule has 0 radical (unpaired) electrons. The van der Waals surface area contributed by atoms with Crippen molar-refractivity contribution in [2.24, 2.45) is 11.8 Å². The zero-order valence-electron chi connectivity index (χ0n) is 16.8. The van der Waals surface area contributed by atoms with Crippen LogP contribution in [0.2, 0.25) is 0 Å². The lowest BCUT2D eigenvalue weighted by molar-refractivity contribution is -0.126. The fourth-order valence-corrected chi connectivity index (χ4v) is 5.43. The number of hydrogen-bond donors (Lipinski definition) is 2. The molecule has 3 aliphatic rings. The first-order valence-corrected chi connectivity index (χ1v) is 11.0. The van der Waals surface area contributed by atoms with Crippen LogP contribution < -0.4 is 10.2 Å². The number of amides is 2. The summed E-state index contributed by atoms with van der Waals surface area (Å²) < 4.78 is 0. The van der Waals surface area contributed by atoms with Crippen molar-refractivity contribution in [3.05, 3.63) is 24.3 Å². The van der Waals surface area contributed by atoms with E-state index in [0.29, 0.717) is 24.3 Å². The first-order chi connectivity index (χ1) is 14.2. The Morgan fingerprint density at radius 2 is 2.03 bits per heavy atom. The van der Waals surface area contributed by atoms with E-state index < -0.39 is 0 Å². The number of hydrogen-bond acceptors (Lipinski definition) is 4.